The van der Waals surface area contributed by atoms with Gasteiger partial charge in [0.2, 0.25) is 0 Å². The molecule has 1 aromatic heterocycles. The summed E-state index contributed by atoms with van der Waals surface area (Å²) in [6.07, 6.45) is 6.12. The van der Waals surface area contributed by atoms with Crippen molar-refractivity contribution in [2.45, 2.75) is 38.0 Å². The molecule has 0 atom stereocenters. The fourth-order valence-corrected chi connectivity index (χ4v) is 3.92. The second kappa shape index (κ2) is 5.70. The van der Waals surface area contributed by atoms with Gasteiger partial charge in [-0.1, -0.05) is 30.9 Å². The molecular weight excluding hydrogens is 295 g/mol. The van der Waals surface area contributed by atoms with Crippen molar-refractivity contribution in [1.29, 1.82) is 0 Å². The number of nitrogen functional groups attached to an aromatic ring is 1. The number of thiazole rings is 1. The molecule has 5 heteroatoms. The number of aromatic nitrogens is 1. The van der Waals surface area contributed by atoms with Gasteiger partial charge in [0.25, 0.3) is 0 Å². The van der Waals surface area contributed by atoms with Gasteiger partial charge < -0.3 is 5.73 Å². The molecule has 1 aliphatic rings. The molecular formula is C15H16ClFN2S. The smallest absolute Gasteiger partial charge is 0.134 e. The molecule has 3 rings (SSSR count). The number of nitrogens with zero attached hydrogens (tertiary/aromatic N) is 1. The monoisotopic (exact) mass is 310 g/mol. The quantitative estimate of drug-likeness (QED) is 0.824. The minimum Gasteiger partial charge on any atom is -0.389 e. The van der Waals surface area contributed by atoms with Crippen LogP contribution in [0.1, 0.15) is 43.0 Å². The second-order valence-corrected chi connectivity index (χ2v) is 6.72. The van der Waals surface area contributed by atoms with Gasteiger partial charge in [-0.05, 0) is 31.0 Å². The van der Waals surface area contributed by atoms with Crippen molar-refractivity contribution < 1.29 is 4.39 Å². The minimum absolute atomic E-state index is 0.371. The summed E-state index contributed by atoms with van der Waals surface area (Å²) in [5.74, 6) is 0.116. The van der Waals surface area contributed by atoms with Crippen LogP contribution in [0.4, 0.5) is 9.39 Å². The van der Waals surface area contributed by atoms with E-state index in [-0.39, 0.29) is 5.82 Å². The lowest BCUT2D eigenvalue weighted by Gasteiger charge is -2.18. The maximum atomic E-state index is 14.0. The Morgan fingerprint density at radius 3 is 2.70 bits per heavy atom. The third kappa shape index (κ3) is 2.67. The Morgan fingerprint density at radius 2 is 2.00 bits per heavy atom. The van der Waals surface area contributed by atoms with Crippen LogP contribution < -0.4 is 5.73 Å². The Bertz CT molecular complexity index is 620. The van der Waals surface area contributed by atoms with Gasteiger partial charge in [-0.3, -0.25) is 0 Å². The molecule has 0 bridgehead atoms. The van der Waals surface area contributed by atoms with Crippen LogP contribution in [0.2, 0.25) is 5.02 Å². The molecule has 1 saturated carbocycles. The predicted molar refractivity (Wildman–Crippen MR) is 82.8 cm³/mol. The maximum Gasteiger partial charge on any atom is 0.134 e. The van der Waals surface area contributed by atoms with Crippen LogP contribution in [-0.4, -0.2) is 4.98 Å². The third-order valence-corrected chi connectivity index (χ3v) is 5.09. The SMILES string of the molecule is Nc1sc(C2CCCCC2)nc1-c1ccc(Cl)cc1F. The first-order chi connectivity index (χ1) is 9.65. The van der Waals surface area contributed by atoms with Gasteiger partial charge in [-0.2, -0.15) is 0 Å². The van der Waals surface area contributed by atoms with Crippen LogP contribution in [0.15, 0.2) is 18.2 Å². The summed E-state index contributed by atoms with van der Waals surface area (Å²) in [6.45, 7) is 0. The third-order valence-electron chi connectivity index (χ3n) is 3.81. The number of rotatable bonds is 2. The number of anilines is 1. The molecule has 0 spiro atoms. The van der Waals surface area contributed by atoms with Crippen molar-refractivity contribution in [3.63, 3.8) is 0 Å². The average molecular weight is 311 g/mol. The average Bonchev–Trinajstić information content (AvgIpc) is 2.82. The first kappa shape index (κ1) is 13.8. The van der Waals surface area contributed by atoms with E-state index in [1.807, 2.05) is 0 Å². The zero-order valence-electron chi connectivity index (χ0n) is 11.0. The van der Waals surface area contributed by atoms with Gasteiger partial charge in [0, 0.05) is 16.5 Å². The molecule has 0 saturated heterocycles. The van der Waals surface area contributed by atoms with E-state index in [2.05, 4.69) is 4.98 Å². The highest BCUT2D eigenvalue weighted by Crippen LogP contribution is 2.40. The van der Waals surface area contributed by atoms with Crippen LogP contribution in [0.5, 0.6) is 0 Å². The predicted octanol–water partition coefficient (Wildman–Crippen LogP) is 5.23. The van der Waals surface area contributed by atoms with E-state index in [0.29, 0.717) is 27.2 Å². The first-order valence-electron chi connectivity index (χ1n) is 6.87. The van der Waals surface area contributed by atoms with E-state index in [4.69, 9.17) is 17.3 Å². The van der Waals surface area contributed by atoms with Gasteiger partial charge in [-0.25, -0.2) is 9.37 Å². The summed E-state index contributed by atoms with van der Waals surface area (Å²) >= 11 is 7.28. The Morgan fingerprint density at radius 1 is 1.25 bits per heavy atom. The van der Waals surface area contributed by atoms with E-state index in [1.165, 1.54) is 36.7 Å². The molecule has 0 radical (unpaired) electrons. The lowest BCUT2D eigenvalue weighted by atomic mass is 9.90. The van der Waals surface area contributed by atoms with Gasteiger partial charge in [0.15, 0.2) is 0 Å². The van der Waals surface area contributed by atoms with Crippen LogP contribution in [0.3, 0.4) is 0 Å². The molecule has 1 aliphatic carbocycles. The Balaban J connectivity index is 1.95. The van der Waals surface area contributed by atoms with Gasteiger partial charge in [0.1, 0.15) is 16.5 Å². The number of hydrogen-bond acceptors (Lipinski definition) is 3. The van der Waals surface area contributed by atoms with Crippen molar-refractivity contribution in [3.8, 4) is 11.3 Å². The maximum absolute atomic E-state index is 14.0. The topological polar surface area (TPSA) is 38.9 Å². The second-order valence-electron chi connectivity index (χ2n) is 5.22. The largest absolute Gasteiger partial charge is 0.389 e. The Labute approximate surface area is 126 Å². The van der Waals surface area contributed by atoms with Gasteiger partial charge in [0.05, 0.1) is 5.01 Å². The van der Waals surface area contributed by atoms with Crippen LogP contribution in [0, 0.1) is 5.82 Å². The lowest BCUT2D eigenvalue weighted by molar-refractivity contribution is 0.442. The van der Waals surface area contributed by atoms with E-state index in [9.17, 15) is 4.39 Å². The summed E-state index contributed by atoms with van der Waals surface area (Å²) in [6, 6.07) is 4.61. The molecule has 0 amide bonds. The standard InChI is InChI=1S/C15H16ClFN2S/c16-10-6-7-11(12(17)8-10)13-14(18)20-15(19-13)9-4-2-1-3-5-9/h6-9H,1-5,18H2. The fourth-order valence-electron chi connectivity index (χ4n) is 2.75. The van der Waals surface area contributed by atoms with E-state index in [0.717, 1.165) is 17.8 Å². The molecule has 2 aromatic rings. The fraction of sp³-hybridized carbons (Fsp3) is 0.400. The van der Waals surface area contributed by atoms with Crippen molar-refractivity contribution >= 4 is 27.9 Å². The zero-order valence-corrected chi connectivity index (χ0v) is 12.6. The highest BCUT2D eigenvalue weighted by atomic mass is 35.5. The van der Waals surface area contributed by atoms with Crippen LogP contribution in [0.25, 0.3) is 11.3 Å². The van der Waals surface area contributed by atoms with Crippen LogP contribution in [-0.2, 0) is 0 Å². The van der Waals surface area contributed by atoms with E-state index >= 15 is 0 Å². The highest BCUT2D eigenvalue weighted by molar-refractivity contribution is 7.16. The summed E-state index contributed by atoms with van der Waals surface area (Å²) in [7, 11) is 0. The molecule has 2 N–H and O–H groups in total. The number of benzene rings is 1. The van der Waals surface area contributed by atoms with Crippen molar-refractivity contribution in [2.75, 3.05) is 5.73 Å². The van der Waals surface area contributed by atoms with Crippen molar-refractivity contribution in [1.82, 2.24) is 4.98 Å². The zero-order chi connectivity index (χ0) is 14.1. The lowest BCUT2D eigenvalue weighted by Crippen LogP contribution is -2.03. The number of nitrogens with two attached hydrogens (primary N) is 1. The summed E-state index contributed by atoms with van der Waals surface area (Å²) in [5.41, 5.74) is 7.04. The summed E-state index contributed by atoms with van der Waals surface area (Å²) in [5, 5.41) is 2.02. The number of halogens is 2. The molecule has 1 aromatic carbocycles. The summed E-state index contributed by atoms with van der Waals surface area (Å²) < 4.78 is 14.0. The molecule has 106 valence electrons. The summed E-state index contributed by atoms with van der Waals surface area (Å²) in [4.78, 5) is 4.60. The normalized spacial score (nSPS) is 16.5. The van der Waals surface area contributed by atoms with Gasteiger partial charge >= 0.3 is 0 Å². The molecule has 0 aliphatic heterocycles. The Hall–Kier alpha value is -1.13. The molecule has 1 heterocycles. The Kier molecular flexibility index (Phi) is 3.94. The van der Waals surface area contributed by atoms with Gasteiger partial charge in [-0.15, -0.1) is 11.3 Å². The minimum atomic E-state index is -0.371. The molecule has 0 unspecified atom stereocenters. The van der Waals surface area contributed by atoms with Crippen LogP contribution >= 0.6 is 22.9 Å². The van der Waals surface area contributed by atoms with Crippen molar-refractivity contribution in [3.05, 3.63) is 34.0 Å². The van der Waals surface area contributed by atoms with E-state index in [1.54, 1.807) is 12.1 Å². The number of hydrogen-bond donors (Lipinski definition) is 1. The van der Waals surface area contributed by atoms with Crippen molar-refractivity contribution in [2.24, 2.45) is 0 Å². The highest BCUT2D eigenvalue weighted by Gasteiger charge is 2.22. The first-order valence-corrected chi connectivity index (χ1v) is 8.06. The molecule has 1 fully saturated rings. The molecule has 20 heavy (non-hydrogen) atoms. The molecule has 2 nitrogen and oxygen atoms in total. The van der Waals surface area contributed by atoms with E-state index < -0.39 is 0 Å².